The van der Waals surface area contributed by atoms with Gasteiger partial charge in [-0.1, -0.05) is 18.6 Å². The molecule has 0 unspecified atom stereocenters. The first kappa shape index (κ1) is 14.9. The van der Waals surface area contributed by atoms with Crippen molar-refractivity contribution in [1.29, 1.82) is 0 Å². The Labute approximate surface area is 113 Å². The number of aryl methyl sites for hydroxylation is 1. The van der Waals surface area contributed by atoms with Gasteiger partial charge in [-0.15, -0.1) is 16.7 Å². The van der Waals surface area contributed by atoms with Gasteiger partial charge in [0, 0.05) is 12.4 Å². The summed E-state index contributed by atoms with van der Waals surface area (Å²) in [4.78, 5) is 11.0. The third kappa shape index (κ3) is 4.61. The Balaban J connectivity index is 2.87. The Bertz CT molecular complexity index is 412. The van der Waals surface area contributed by atoms with Gasteiger partial charge >= 0.3 is 0 Å². The molecule has 100 valence electrons. The zero-order valence-electron chi connectivity index (χ0n) is 11.0. The largest absolute Gasteiger partial charge is 0.295 e. The van der Waals surface area contributed by atoms with Gasteiger partial charge in [-0.2, -0.15) is 0 Å². The topological polar surface area (TPSA) is 47.8 Å². The highest BCUT2D eigenvalue weighted by Crippen LogP contribution is 2.12. The van der Waals surface area contributed by atoms with Gasteiger partial charge in [-0.3, -0.25) is 4.79 Å². The lowest BCUT2D eigenvalue weighted by Gasteiger charge is -2.05. The van der Waals surface area contributed by atoms with E-state index in [1.165, 1.54) is 13.0 Å². The molecule has 0 bridgehead atoms. The number of ketones is 1. The number of hydrogen-bond acceptors (Lipinski definition) is 3. The van der Waals surface area contributed by atoms with Crippen molar-refractivity contribution in [3.8, 4) is 0 Å². The average Bonchev–Trinajstić information content (AvgIpc) is 2.73. The van der Waals surface area contributed by atoms with E-state index in [1.54, 1.807) is 6.08 Å². The van der Waals surface area contributed by atoms with Crippen molar-refractivity contribution in [1.82, 2.24) is 15.0 Å². The summed E-state index contributed by atoms with van der Waals surface area (Å²) in [7, 11) is 0. The molecule has 0 amide bonds. The fourth-order valence-corrected chi connectivity index (χ4v) is 1.78. The van der Waals surface area contributed by atoms with Crippen LogP contribution in [0.4, 0.5) is 0 Å². The lowest BCUT2D eigenvalue weighted by atomic mass is 10.2. The van der Waals surface area contributed by atoms with E-state index in [0.717, 1.165) is 43.6 Å². The molecule has 0 N–H and O–H groups in total. The second-order valence-electron chi connectivity index (χ2n) is 4.23. The minimum atomic E-state index is 0.0152. The van der Waals surface area contributed by atoms with Crippen molar-refractivity contribution in [2.24, 2.45) is 0 Å². The van der Waals surface area contributed by atoms with E-state index in [1.807, 2.05) is 4.68 Å². The maximum Gasteiger partial charge on any atom is 0.152 e. The molecule has 18 heavy (non-hydrogen) atoms. The standard InChI is InChI=1S/C13H20ClN3O/c1-3-4-10-17-13(6-5-9-14)12(15-16-17)8-7-11(2)18/h7-8H,3-6,9-10H2,1-2H3/b8-7+. The molecule has 0 aliphatic carbocycles. The van der Waals surface area contributed by atoms with Crippen LogP contribution in [0.5, 0.6) is 0 Å². The lowest BCUT2D eigenvalue weighted by molar-refractivity contribution is -0.112. The van der Waals surface area contributed by atoms with Gasteiger partial charge in [0.2, 0.25) is 0 Å². The van der Waals surface area contributed by atoms with Gasteiger partial charge in [0.05, 0.1) is 5.69 Å². The van der Waals surface area contributed by atoms with E-state index in [9.17, 15) is 4.79 Å². The summed E-state index contributed by atoms with van der Waals surface area (Å²) in [6, 6.07) is 0. The second-order valence-corrected chi connectivity index (χ2v) is 4.61. The first-order valence-corrected chi connectivity index (χ1v) is 6.89. The highest BCUT2D eigenvalue weighted by atomic mass is 35.5. The molecule has 5 heteroatoms. The van der Waals surface area contributed by atoms with E-state index in [0.29, 0.717) is 5.88 Å². The summed E-state index contributed by atoms with van der Waals surface area (Å²) in [5, 5.41) is 8.27. The van der Waals surface area contributed by atoms with E-state index >= 15 is 0 Å². The molecular weight excluding hydrogens is 250 g/mol. The Morgan fingerprint density at radius 3 is 2.83 bits per heavy atom. The van der Waals surface area contributed by atoms with Crippen molar-refractivity contribution in [2.75, 3.05) is 5.88 Å². The second kappa shape index (κ2) is 8.03. The Hall–Kier alpha value is -1.16. The molecule has 4 nitrogen and oxygen atoms in total. The van der Waals surface area contributed by atoms with E-state index in [2.05, 4.69) is 17.2 Å². The number of aromatic nitrogens is 3. The zero-order valence-corrected chi connectivity index (χ0v) is 11.8. The molecule has 1 heterocycles. The van der Waals surface area contributed by atoms with Gasteiger partial charge in [0.1, 0.15) is 5.69 Å². The number of hydrogen-bond donors (Lipinski definition) is 0. The summed E-state index contributed by atoms with van der Waals surface area (Å²) in [5.41, 5.74) is 1.85. The highest BCUT2D eigenvalue weighted by molar-refractivity contribution is 6.17. The van der Waals surface area contributed by atoms with Gasteiger partial charge in [0.15, 0.2) is 5.78 Å². The average molecular weight is 270 g/mol. The monoisotopic (exact) mass is 269 g/mol. The molecule has 0 aliphatic rings. The van der Waals surface area contributed by atoms with Crippen LogP contribution < -0.4 is 0 Å². The molecule has 0 saturated heterocycles. The number of alkyl halides is 1. The predicted octanol–water partition coefficient (Wildman–Crippen LogP) is 2.85. The quantitative estimate of drug-likeness (QED) is 0.539. The van der Waals surface area contributed by atoms with Crippen molar-refractivity contribution >= 4 is 23.5 Å². The van der Waals surface area contributed by atoms with Crippen LogP contribution in [0.25, 0.3) is 6.08 Å². The predicted molar refractivity (Wildman–Crippen MR) is 73.7 cm³/mol. The summed E-state index contributed by atoms with van der Waals surface area (Å²) in [6.07, 6.45) is 7.19. The number of rotatable bonds is 8. The van der Waals surface area contributed by atoms with Crippen molar-refractivity contribution < 1.29 is 4.79 Å². The maximum absolute atomic E-state index is 11.0. The number of carbonyl (C=O) groups is 1. The van der Waals surface area contributed by atoms with Crippen LogP contribution in [-0.2, 0) is 17.8 Å². The smallest absolute Gasteiger partial charge is 0.152 e. The van der Waals surface area contributed by atoms with Gasteiger partial charge in [-0.25, -0.2) is 4.68 Å². The fourth-order valence-electron chi connectivity index (χ4n) is 1.65. The molecule has 1 aromatic heterocycles. The van der Waals surface area contributed by atoms with Gasteiger partial charge in [0.25, 0.3) is 0 Å². The molecule has 0 fully saturated rings. The Kier molecular flexibility index (Phi) is 6.65. The summed E-state index contributed by atoms with van der Waals surface area (Å²) >= 11 is 5.73. The van der Waals surface area contributed by atoms with Crippen LogP contribution in [0.2, 0.25) is 0 Å². The lowest BCUT2D eigenvalue weighted by Crippen LogP contribution is -2.06. The molecule has 0 spiro atoms. The van der Waals surface area contributed by atoms with Crippen molar-refractivity contribution in [3.63, 3.8) is 0 Å². The maximum atomic E-state index is 11.0. The number of nitrogens with zero attached hydrogens (tertiary/aromatic N) is 3. The summed E-state index contributed by atoms with van der Waals surface area (Å²) in [6.45, 7) is 4.54. The first-order chi connectivity index (χ1) is 8.69. The number of unbranched alkanes of at least 4 members (excludes halogenated alkanes) is 1. The molecule has 1 rings (SSSR count). The van der Waals surface area contributed by atoms with Gasteiger partial charge < -0.3 is 0 Å². The van der Waals surface area contributed by atoms with Crippen LogP contribution in [0, 0.1) is 0 Å². The minimum Gasteiger partial charge on any atom is -0.295 e. The van der Waals surface area contributed by atoms with Crippen molar-refractivity contribution in [3.05, 3.63) is 17.5 Å². The molecule has 0 radical (unpaired) electrons. The number of carbonyl (C=O) groups excluding carboxylic acids is 1. The normalized spacial score (nSPS) is 11.3. The fraction of sp³-hybridized carbons (Fsp3) is 0.615. The van der Waals surface area contributed by atoms with Crippen LogP contribution in [0.15, 0.2) is 6.08 Å². The SMILES string of the molecule is CCCCn1nnc(/C=C/C(C)=O)c1CCCCl. The summed E-state index contributed by atoms with van der Waals surface area (Å²) < 4.78 is 1.93. The van der Waals surface area contributed by atoms with Crippen LogP contribution in [0.3, 0.4) is 0 Å². The third-order valence-electron chi connectivity index (χ3n) is 2.61. The highest BCUT2D eigenvalue weighted by Gasteiger charge is 2.10. The van der Waals surface area contributed by atoms with E-state index in [-0.39, 0.29) is 5.78 Å². The molecule has 0 aromatic carbocycles. The van der Waals surface area contributed by atoms with E-state index in [4.69, 9.17) is 11.6 Å². The molecule has 0 saturated carbocycles. The van der Waals surface area contributed by atoms with Crippen LogP contribution >= 0.6 is 11.6 Å². The van der Waals surface area contributed by atoms with E-state index < -0.39 is 0 Å². The summed E-state index contributed by atoms with van der Waals surface area (Å²) in [5.74, 6) is 0.635. The number of allylic oxidation sites excluding steroid dienone is 1. The molecule has 0 atom stereocenters. The molecule has 0 aliphatic heterocycles. The minimum absolute atomic E-state index is 0.0152. The first-order valence-electron chi connectivity index (χ1n) is 6.36. The van der Waals surface area contributed by atoms with Crippen LogP contribution in [-0.4, -0.2) is 26.7 Å². The van der Waals surface area contributed by atoms with Crippen molar-refractivity contribution in [2.45, 2.75) is 46.1 Å². The van der Waals surface area contributed by atoms with Gasteiger partial charge in [-0.05, 0) is 38.3 Å². The zero-order chi connectivity index (χ0) is 13.4. The third-order valence-corrected chi connectivity index (χ3v) is 2.88. The van der Waals surface area contributed by atoms with Crippen LogP contribution in [0.1, 0.15) is 44.5 Å². The number of halogens is 1. The molecule has 1 aromatic rings. The molecular formula is C13H20ClN3O. The Morgan fingerprint density at radius 1 is 1.44 bits per heavy atom. The Morgan fingerprint density at radius 2 is 2.22 bits per heavy atom.